The normalized spacial score (nSPS) is 15.0. The molecule has 0 radical (unpaired) electrons. The number of benzene rings is 2. The number of aliphatic carboxylic acids is 1. The van der Waals surface area contributed by atoms with Crippen LogP contribution in [0.15, 0.2) is 66.9 Å². The Hall–Kier alpha value is -4.55. The number of aliphatic hydroxyl groups excluding tert-OH is 1. The Kier molecular flexibility index (Phi) is 22.4. The van der Waals surface area contributed by atoms with Crippen LogP contribution in [-0.2, 0) is 36.8 Å². The fraction of sp³-hybridized carbons (Fsp3) is 0.444. The van der Waals surface area contributed by atoms with Crippen LogP contribution in [-0.4, -0.2) is 105 Å². The lowest BCUT2D eigenvalue weighted by Crippen LogP contribution is -2.34. The number of carboxylic acid groups (broad SMARTS) is 2. The van der Waals surface area contributed by atoms with Crippen LogP contribution in [0.1, 0.15) is 42.4 Å². The molecule has 2 aromatic carbocycles. The van der Waals surface area contributed by atoms with Crippen molar-refractivity contribution in [3.63, 3.8) is 0 Å². The van der Waals surface area contributed by atoms with Gasteiger partial charge in [0.1, 0.15) is 6.04 Å². The second-order valence-corrected chi connectivity index (χ2v) is 12.9. The summed E-state index contributed by atoms with van der Waals surface area (Å²) in [7, 11) is 0. The number of esters is 1. The number of aryl methyl sites for hydroxylation is 1. The van der Waals surface area contributed by atoms with Gasteiger partial charge in [-0.05, 0) is 49.1 Å². The summed E-state index contributed by atoms with van der Waals surface area (Å²) in [6.45, 7) is -0.807. The molecule has 0 unspecified atom stereocenters. The number of ether oxygens (including phenoxy) is 1. The number of H-pyrrole nitrogens is 1. The maximum Gasteiger partial charge on any atom is 0.490 e. The molecule has 0 aliphatic carbocycles. The van der Waals surface area contributed by atoms with Crippen molar-refractivity contribution in [2.75, 3.05) is 24.7 Å². The van der Waals surface area contributed by atoms with Crippen LogP contribution in [0.2, 0.25) is 0 Å². The SMILES string of the molecule is Cc1cccc(C[C@H](O)/C=C/[C@H]2CCC(=O)N2CCSCCCCOC(=O)[C@@H](N)Cc2c[nH]c3ccccc23)c1.FC(F)F.O=C(O)C(F)(F)F.O=CO. The quantitative estimate of drug-likeness (QED) is 0.0399. The van der Waals surface area contributed by atoms with Crippen molar-refractivity contribution in [2.45, 2.75) is 76.5 Å². The summed E-state index contributed by atoms with van der Waals surface area (Å²) in [5, 5.41) is 25.5. The fourth-order valence-corrected chi connectivity index (χ4v) is 6.06. The van der Waals surface area contributed by atoms with Gasteiger partial charge in [0.2, 0.25) is 5.91 Å². The summed E-state index contributed by atoms with van der Waals surface area (Å²) in [5.74, 6) is -1.14. The molecule has 300 valence electrons. The Morgan fingerprint density at radius 2 is 1.74 bits per heavy atom. The minimum atomic E-state index is -5.08. The van der Waals surface area contributed by atoms with E-state index in [-0.39, 0.29) is 24.4 Å². The number of hydrogen-bond acceptors (Lipinski definition) is 8. The number of carbonyl (C=O) groups excluding carboxylic acids is 2. The Labute approximate surface area is 312 Å². The van der Waals surface area contributed by atoms with Crippen LogP contribution in [0.4, 0.5) is 26.3 Å². The fourth-order valence-electron chi connectivity index (χ4n) is 5.12. The van der Waals surface area contributed by atoms with E-state index in [2.05, 4.69) is 11.1 Å². The van der Waals surface area contributed by atoms with Crippen molar-refractivity contribution in [3.05, 3.63) is 83.6 Å². The van der Waals surface area contributed by atoms with E-state index in [1.165, 1.54) is 5.56 Å². The van der Waals surface area contributed by atoms with E-state index in [1.54, 1.807) is 11.8 Å². The third-order valence-electron chi connectivity index (χ3n) is 7.52. The zero-order chi connectivity index (χ0) is 40.7. The average Bonchev–Trinajstić information content (AvgIpc) is 3.67. The second kappa shape index (κ2) is 25.5. The number of hydrogen-bond donors (Lipinski definition) is 5. The molecular weight excluding hydrogens is 748 g/mol. The average molecular weight is 794 g/mol. The first-order valence-corrected chi connectivity index (χ1v) is 17.7. The number of nitrogens with two attached hydrogens (primary N) is 1. The molecule has 18 heteroatoms. The summed E-state index contributed by atoms with van der Waals surface area (Å²) in [5.41, 5.74) is 10.4. The number of aliphatic hydroxyl groups is 1. The number of rotatable bonds is 15. The van der Waals surface area contributed by atoms with Gasteiger partial charge in [0.25, 0.3) is 6.47 Å². The Morgan fingerprint density at radius 1 is 1.09 bits per heavy atom. The highest BCUT2D eigenvalue weighted by molar-refractivity contribution is 7.99. The largest absolute Gasteiger partial charge is 0.490 e. The van der Waals surface area contributed by atoms with Gasteiger partial charge in [0.05, 0.1) is 18.8 Å². The maximum atomic E-state index is 12.4. The van der Waals surface area contributed by atoms with Gasteiger partial charge < -0.3 is 35.7 Å². The van der Waals surface area contributed by atoms with Crippen molar-refractivity contribution in [1.82, 2.24) is 9.88 Å². The number of aromatic nitrogens is 1. The second-order valence-electron chi connectivity index (χ2n) is 11.7. The number of amides is 1. The molecule has 1 aliphatic heterocycles. The molecule has 1 aliphatic rings. The predicted molar refractivity (Wildman–Crippen MR) is 192 cm³/mol. The Balaban J connectivity index is 0.000000891. The van der Waals surface area contributed by atoms with Crippen LogP contribution < -0.4 is 5.73 Å². The molecule has 3 atom stereocenters. The van der Waals surface area contributed by atoms with Crippen molar-refractivity contribution in [3.8, 4) is 0 Å². The molecule has 11 nitrogen and oxygen atoms in total. The topological polar surface area (TPSA) is 183 Å². The molecule has 54 heavy (non-hydrogen) atoms. The van der Waals surface area contributed by atoms with Crippen molar-refractivity contribution < 1.29 is 65.6 Å². The number of aromatic amines is 1. The summed E-state index contributed by atoms with van der Waals surface area (Å²) >= 11 is 1.80. The number of unbranched alkanes of at least 4 members (excludes halogenated alkanes) is 1. The van der Waals surface area contributed by atoms with Crippen LogP contribution in [0, 0.1) is 6.92 Å². The summed E-state index contributed by atoms with van der Waals surface area (Å²) in [6.07, 6.45) is 4.16. The number of para-hydroxylation sites is 1. The van der Waals surface area contributed by atoms with E-state index >= 15 is 0 Å². The number of thioether (sulfide) groups is 1. The lowest BCUT2D eigenvalue weighted by molar-refractivity contribution is -0.192. The number of halogens is 6. The Morgan fingerprint density at radius 3 is 2.37 bits per heavy atom. The molecule has 0 saturated carbocycles. The molecule has 4 rings (SSSR count). The van der Waals surface area contributed by atoms with Gasteiger partial charge >= 0.3 is 24.8 Å². The molecule has 0 spiro atoms. The van der Waals surface area contributed by atoms with Gasteiger partial charge in [-0.2, -0.15) is 38.1 Å². The number of carbonyl (C=O) groups is 4. The predicted octanol–water partition coefficient (Wildman–Crippen LogP) is 6.07. The van der Waals surface area contributed by atoms with E-state index in [4.69, 9.17) is 30.3 Å². The first kappa shape index (κ1) is 47.5. The van der Waals surface area contributed by atoms with Crippen molar-refractivity contribution >= 4 is 47.0 Å². The zero-order valence-electron chi connectivity index (χ0n) is 29.4. The third kappa shape index (κ3) is 19.5. The first-order chi connectivity index (χ1) is 25.5. The van der Waals surface area contributed by atoms with E-state index in [0.29, 0.717) is 32.4 Å². The lowest BCUT2D eigenvalue weighted by Gasteiger charge is -2.22. The van der Waals surface area contributed by atoms with E-state index in [9.17, 15) is 41.0 Å². The molecule has 1 aromatic heterocycles. The van der Waals surface area contributed by atoms with Gasteiger partial charge in [0.15, 0.2) is 0 Å². The molecule has 0 bridgehead atoms. The smallest absolute Gasteiger partial charge is 0.483 e. The molecular formula is C36H45F6N3O8S. The standard InChI is InChI=1S/C32H41N3O4S.C2HF3O2.CHF3.CH2O2/c1-23-7-6-8-24(19-23)20-27(36)13-11-26-12-14-31(37)35(26)15-18-40-17-5-4-16-39-32(38)29(33)21-25-22-34-30-10-3-2-9-28(25)30;3-2(4,5)1(6)7;2-1(3)4;2-1-3/h2-3,6-11,13,19,22,26-27,29,34,36H,4-5,12,14-18,20-21,33H2,1H3;(H,6,7);1H;1H,(H,2,3)/b13-11+;;;/t26-,27+,29-;;;/m0.../s1. The monoisotopic (exact) mass is 793 g/mol. The van der Waals surface area contributed by atoms with Gasteiger partial charge in [-0.25, -0.2) is 4.79 Å². The Bertz CT molecular complexity index is 1600. The summed E-state index contributed by atoms with van der Waals surface area (Å²) < 4.78 is 66.1. The minimum absolute atomic E-state index is 0.0492. The highest BCUT2D eigenvalue weighted by Gasteiger charge is 2.38. The van der Waals surface area contributed by atoms with Gasteiger partial charge in [-0.1, -0.05) is 60.2 Å². The molecule has 6 N–H and O–H groups in total. The molecule has 1 saturated heterocycles. The number of alkyl halides is 6. The van der Waals surface area contributed by atoms with Crippen molar-refractivity contribution in [1.29, 1.82) is 0 Å². The van der Waals surface area contributed by atoms with Gasteiger partial charge in [-0.15, -0.1) is 0 Å². The summed E-state index contributed by atoms with van der Waals surface area (Å²) in [4.78, 5) is 47.1. The number of fused-ring (bicyclic) bond motifs is 1. The number of likely N-dealkylation sites (tertiary alicyclic amines) is 1. The highest BCUT2D eigenvalue weighted by atomic mass is 32.2. The molecule has 1 fully saturated rings. The van der Waals surface area contributed by atoms with Gasteiger partial charge in [0, 0.05) is 48.7 Å². The van der Waals surface area contributed by atoms with Gasteiger partial charge in [-0.3, -0.25) is 14.4 Å². The highest BCUT2D eigenvalue weighted by Crippen LogP contribution is 2.22. The zero-order valence-corrected chi connectivity index (χ0v) is 30.2. The van der Waals surface area contributed by atoms with Crippen LogP contribution in [0.5, 0.6) is 0 Å². The van der Waals surface area contributed by atoms with Crippen LogP contribution >= 0.6 is 11.8 Å². The van der Waals surface area contributed by atoms with E-state index < -0.39 is 31.0 Å². The maximum absolute atomic E-state index is 12.4. The van der Waals surface area contributed by atoms with E-state index in [0.717, 1.165) is 52.8 Å². The number of carboxylic acids is 1. The first-order valence-electron chi connectivity index (χ1n) is 16.6. The number of nitrogens with zero attached hydrogens (tertiary/aromatic N) is 1. The van der Waals surface area contributed by atoms with Crippen molar-refractivity contribution in [2.24, 2.45) is 5.73 Å². The number of nitrogens with one attached hydrogen (secondary N) is 1. The van der Waals surface area contributed by atoms with Crippen LogP contribution in [0.25, 0.3) is 10.9 Å². The molecule has 2 heterocycles. The molecule has 3 aromatic rings. The molecule has 1 amide bonds. The van der Waals surface area contributed by atoms with E-state index in [1.807, 2.05) is 72.6 Å². The van der Waals surface area contributed by atoms with Crippen LogP contribution in [0.3, 0.4) is 0 Å². The minimum Gasteiger partial charge on any atom is -0.483 e. The third-order valence-corrected chi connectivity index (χ3v) is 8.57. The summed E-state index contributed by atoms with van der Waals surface area (Å²) in [6, 6.07) is 15.5. The lowest BCUT2D eigenvalue weighted by atomic mass is 10.0.